The first-order chi connectivity index (χ1) is 8.51. The fraction of sp³-hybridized carbons (Fsp3) is 0.308. The molecule has 94 valence electrons. The number of nitriles is 1. The standard InChI is InChI=1S/C13H14N2O3/c1-3-11(13(17)18)15(2)12(16)10-6-4-5-9(7-10)8-14/h4-7,11H,3H2,1-2H3,(H,17,18). The lowest BCUT2D eigenvalue weighted by Gasteiger charge is -2.23. The van der Waals surface area contributed by atoms with Crippen LogP contribution in [0.15, 0.2) is 24.3 Å². The average Bonchev–Trinajstić information content (AvgIpc) is 2.38. The first kappa shape index (κ1) is 13.7. The van der Waals surface area contributed by atoms with Crippen LogP contribution in [0.1, 0.15) is 29.3 Å². The third-order valence-electron chi connectivity index (χ3n) is 2.70. The Morgan fingerprint density at radius 2 is 2.17 bits per heavy atom. The normalized spacial score (nSPS) is 11.4. The molecule has 0 bridgehead atoms. The molecule has 0 fully saturated rings. The fourth-order valence-corrected chi connectivity index (χ4v) is 1.68. The van der Waals surface area contributed by atoms with Gasteiger partial charge in [0.25, 0.3) is 5.91 Å². The third-order valence-corrected chi connectivity index (χ3v) is 2.70. The number of nitrogens with zero attached hydrogens (tertiary/aromatic N) is 2. The number of hydrogen-bond donors (Lipinski definition) is 1. The van der Waals surface area contributed by atoms with Crippen LogP contribution in [0.5, 0.6) is 0 Å². The van der Waals surface area contributed by atoms with Crippen LogP contribution in [0.3, 0.4) is 0 Å². The average molecular weight is 246 g/mol. The van der Waals surface area contributed by atoms with Crippen molar-refractivity contribution >= 4 is 11.9 Å². The molecule has 0 radical (unpaired) electrons. The fourth-order valence-electron chi connectivity index (χ4n) is 1.68. The molecule has 5 heteroatoms. The van der Waals surface area contributed by atoms with Crippen LogP contribution in [0.2, 0.25) is 0 Å². The lowest BCUT2D eigenvalue weighted by Crippen LogP contribution is -2.41. The van der Waals surface area contributed by atoms with Crippen molar-refractivity contribution in [2.75, 3.05) is 7.05 Å². The minimum atomic E-state index is -1.04. The van der Waals surface area contributed by atoms with E-state index >= 15 is 0 Å². The number of carbonyl (C=O) groups excluding carboxylic acids is 1. The molecular weight excluding hydrogens is 232 g/mol. The summed E-state index contributed by atoms with van der Waals surface area (Å²) < 4.78 is 0. The Morgan fingerprint density at radius 1 is 1.50 bits per heavy atom. The summed E-state index contributed by atoms with van der Waals surface area (Å²) in [4.78, 5) is 24.2. The highest BCUT2D eigenvalue weighted by molar-refractivity contribution is 5.96. The molecule has 1 N–H and O–H groups in total. The second-order valence-corrected chi connectivity index (χ2v) is 3.87. The Morgan fingerprint density at radius 3 is 2.67 bits per heavy atom. The monoisotopic (exact) mass is 246 g/mol. The summed E-state index contributed by atoms with van der Waals surface area (Å²) in [5.74, 6) is -1.44. The SMILES string of the molecule is CCC(C(=O)O)N(C)C(=O)c1cccc(C#N)c1. The lowest BCUT2D eigenvalue weighted by molar-refractivity contribution is -0.142. The molecule has 0 saturated heterocycles. The zero-order valence-electron chi connectivity index (χ0n) is 10.3. The van der Waals surface area contributed by atoms with Gasteiger partial charge in [0, 0.05) is 12.6 Å². The number of rotatable bonds is 4. The molecule has 0 aliphatic rings. The minimum Gasteiger partial charge on any atom is -0.480 e. The summed E-state index contributed by atoms with van der Waals surface area (Å²) in [5.41, 5.74) is 0.689. The number of aliphatic carboxylic acids is 1. The molecule has 1 atom stereocenters. The molecule has 5 nitrogen and oxygen atoms in total. The van der Waals surface area contributed by atoms with E-state index in [0.29, 0.717) is 17.5 Å². The molecule has 1 aromatic carbocycles. The molecule has 0 spiro atoms. The molecule has 1 rings (SSSR count). The molecule has 0 aliphatic carbocycles. The Kier molecular flexibility index (Phi) is 4.44. The molecule has 0 aromatic heterocycles. The van der Waals surface area contributed by atoms with E-state index in [2.05, 4.69) is 0 Å². The topological polar surface area (TPSA) is 81.4 Å². The number of carboxylic acid groups (broad SMARTS) is 1. The van der Waals surface area contributed by atoms with E-state index in [1.165, 1.54) is 18.0 Å². The van der Waals surface area contributed by atoms with E-state index in [0.717, 1.165) is 0 Å². The van der Waals surface area contributed by atoms with E-state index in [1.54, 1.807) is 25.1 Å². The van der Waals surface area contributed by atoms with E-state index in [-0.39, 0.29) is 0 Å². The zero-order valence-corrected chi connectivity index (χ0v) is 10.3. The molecule has 0 heterocycles. The van der Waals surface area contributed by atoms with E-state index in [9.17, 15) is 9.59 Å². The van der Waals surface area contributed by atoms with Crippen LogP contribution in [0.25, 0.3) is 0 Å². The second-order valence-electron chi connectivity index (χ2n) is 3.87. The van der Waals surface area contributed by atoms with Gasteiger partial charge >= 0.3 is 5.97 Å². The first-order valence-corrected chi connectivity index (χ1v) is 5.51. The van der Waals surface area contributed by atoms with E-state index in [4.69, 9.17) is 10.4 Å². The van der Waals surface area contributed by atoms with Gasteiger partial charge < -0.3 is 10.0 Å². The Bertz CT molecular complexity index is 505. The summed E-state index contributed by atoms with van der Waals surface area (Å²) in [6.45, 7) is 1.70. The van der Waals surface area contributed by atoms with E-state index in [1.807, 2.05) is 6.07 Å². The maximum Gasteiger partial charge on any atom is 0.326 e. The van der Waals surface area contributed by atoms with Gasteiger partial charge in [-0.2, -0.15) is 5.26 Å². The van der Waals surface area contributed by atoms with Gasteiger partial charge in [0.05, 0.1) is 11.6 Å². The van der Waals surface area contributed by atoms with Crippen LogP contribution >= 0.6 is 0 Å². The Hall–Kier alpha value is -2.35. The summed E-state index contributed by atoms with van der Waals surface area (Å²) in [6.07, 6.45) is 0.329. The first-order valence-electron chi connectivity index (χ1n) is 5.51. The third kappa shape index (κ3) is 2.86. The summed E-state index contributed by atoms with van der Waals surface area (Å²) in [7, 11) is 1.45. The number of benzene rings is 1. The molecule has 1 unspecified atom stereocenters. The van der Waals surface area contributed by atoms with Crippen molar-refractivity contribution in [2.24, 2.45) is 0 Å². The van der Waals surface area contributed by atoms with Crippen LogP contribution in [0.4, 0.5) is 0 Å². The Labute approximate surface area is 105 Å². The van der Waals surface area contributed by atoms with Crippen molar-refractivity contribution in [3.05, 3.63) is 35.4 Å². The predicted octanol–water partition coefficient (Wildman–Crippen LogP) is 1.49. The quantitative estimate of drug-likeness (QED) is 0.872. The number of carboxylic acids is 1. The van der Waals surface area contributed by atoms with Crippen molar-refractivity contribution in [1.82, 2.24) is 4.90 Å². The number of carbonyl (C=O) groups is 2. The second kappa shape index (κ2) is 5.82. The van der Waals surface area contributed by atoms with Crippen molar-refractivity contribution in [3.8, 4) is 6.07 Å². The van der Waals surface area contributed by atoms with Crippen LogP contribution in [-0.2, 0) is 4.79 Å². The van der Waals surface area contributed by atoms with Crippen LogP contribution < -0.4 is 0 Å². The molecular formula is C13H14N2O3. The van der Waals surface area contributed by atoms with Gasteiger partial charge in [-0.3, -0.25) is 4.79 Å². The van der Waals surface area contributed by atoms with Gasteiger partial charge in [-0.05, 0) is 24.6 Å². The highest BCUT2D eigenvalue weighted by atomic mass is 16.4. The van der Waals surface area contributed by atoms with Crippen molar-refractivity contribution in [3.63, 3.8) is 0 Å². The highest BCUT2D eigenvalue weighted by Gasteiger charge is 2.25. The van der Waals surface area contributed by atoms with Crippen molar-refractivity contribution < 1.29 is 14.7 Å². The van der Waals surface area contributed by atoms with E-state index < -0.39 is 17.9 Å². The lowest BCUT2D eigenvalue weighted by atomic mass is 10.1. The van der Waals surface area contributed by atoms with Gasteiger partial charge in [0.1, 0.15) is 6.04 Å². The van der Waals surface area contributed by atoms with Gasteiger partial charge in [-0.15, -0.1) is 0 Å². The zero-order chi connectivity index (χ0) is 13.7. The van der Waals surface area contributed by atoms with Crippen LogP contribution in [-0.4, -0.2) is 35.0 Å². The van der Waals surface area contributed by atoms with Crippen LogP contribution in [0, 0.1) is 11.3 Å². The van der Waals surface area contributed by atoms with Crippen molar-refractivity contribution in [2.45, 2.75) is 19.4 Å². The predicted molar refractivity (Wildman–Crippen MR) is 65.0 cm³/mol. The number of likely N-dealkylation sites (N-methyl/N-ethyl adjacent to an activating group) is 1. The van der Waals surface area contributed by atoms with Gasteiger partial charge in [0.2, 0.25) is 0 Å². The molecule has 1 aromatic rings. The summed E-state index contributed by atoms with van der Waals surface area (Å²) in [5, 5.41) is 17.8. The summed E-state index contributed by atoms with van der Waals surface area (Å²) in [6, 6.07) is 7.28. The maximum atomic E-state index is 12.1. The molecule has 0 aliphatic heterocycles. The maximum absolute atomic E-state index is 12.1. The molecule has 18 heavy (non-hydrogen) atoms. The number of hydrogen-bond acceptors (Lipinski definition) is 3. The summed E-state index contributed by atoms with van der Waals surface area (Å²) >= 11 is 0. The minimum absolute atomic E-state index is 0.316. The smallest absolute Gasteiger partial charge is 0.326 e. The largest absolute Gasteiger partial charge is 0.480 e. The molecule has 1 amide bonds. The highest BCUT2D eigenvalue weighted by Crippen LogP contribution is 2.11. The van der Waals surface area contributed by atoms with Gasteiger partial charge in [0.15, 0.2) is 0 Å². The van der Waals surface area contributed by atoms with Gasteiger partial charge in [-0.1, -0.05) is 13.0 Å². The van der Waals surface area contributed by atoms with Gasteiger partial charge in [-0.25, -0.2) is 4.79 Å². The number of amides is 1. The van der Waals surface area contributed by atoms with Crippen molar-refractivity contribution in [1.29, 1.82) is 5.26 Å². The Balaban J connectivity index is 2.99. The molecule has 0 saturated carbocycles.